The van der Waals surface area contributed by atoms with Gasteiger partial charge in [-0.3, -0.25) is 9.69 Å². The Labute approximate surface area is 135 Å². The number of rotatable bonds is 5. The first-order chi connectivity index (χ1) is 10.4. The Kier molecular flexibility index (Phi) is 4.56. The number of hydrogen-bond acceptors (Lipinski definition) is 5. The van der Waals surface area contributed by atoms with E-state index in [0.29, 0.717) is 25.6 Å². The highest BCUT2D eigenvalue weighted by atomic mass is 32.2. The van der Waals surface area contributed by atoms with Crippen molar-refractivity contribution in [2.75, 3.05) is 37.7 Å². The second-order valence-corrected chi connectivity index (χ2v) is 9.80. The maximum atomic E-state index is 12.1. The minimum absolute atomic E-state index is 0.125. The van der Waals surface area contributed by atoms with E-state index >= 15 is 0 Å². The Morgan fingerprint density at radius 2 is 2.09 bits per heavy atom. The van der Waals surface area contributed by atoms with Crippen molar-refractivity contribution in [3.05, 3.63) is 21.9 Å². The van der Waals surface area contributed by atoms with Crippen molar-refractivity contribution in [2.24, 2.45) is 5.92 Å². The SMILES string of the molecule is Cc1ccc([C@@H]2C[C@H]2C(=O)NCCN2CCS(=O)(=O)CC2)s1. The highest BCUT2D eigenvalue weighted by molar-refractivity contribution is 7.91. The van der Waals surface area contributed by atoms with Gasteiger partial charge in [-0.2, -0.15) is 0 Å². The average Bonchev–Trinajstić information content (AvgIpc) is 3.16. The summed E-state index contributed by atoms with van der Waals surface area (Å²) < 4.78 is 22.7. The van der Waals surface area contributed by atoms with Gasteiger partial charge in [-0.15, -0.1) is 11.3 Å². The van der Waals surface area contributed by atoms with E-state index in [9.17, 15) is 13.2 Å². The number of aryl methyl sites for hydroxylation is 1. The Balaban J connectivity index is 1.37. The highest BCUT2D eigenvalue weighted by Gasteiger charge is 2.44. The van der Waals surface area contributed by atoms with Gasteiger partial charge in [0.1, 0.15) is 0 Å². The topological polar surface area (TPSA) is 66.5 Å². The fourth-order valence-corrected chi connectivity index (χ4v) is 5.23. The minimum Gasteiger partial charge on any atom is -0.355 e. The van der Waals surface area contributed by atoms with Crippen LogP contribution >= 0.6 is 11.3 Å². The predicted octanol–water partition coefficient (Wildman–Crippen LogP) is 1.01. The van der Waals surface area contributed by atoms with Crippen LogP contribution in [0.3, 0.4) is 0 Å². The first-order valence-electron chi connectivity index (χ1n) is 7.71. The molecule has 0 bridgehead atoms. The quantitative estimate of drug-likeness (QED) is 0.867. The third-order valence-electron chi connectivity index (χ3n) is 4.42. The maximum absolute atomic E-state index is 12.1. The number of carbonyl (C=O) groups is 1. The van der Waals surface area contributed by atoms with Crippen molar-refractivity contribution in [2.45, 2.75) is 19.3 Å². The van der Waals surface area contributed by atoms with Crippen LogP contribution in [-0.4, -0.2) is 56.9 Å². The van der Waals surface area contributed by atoms with Crippen LogP contribution in [0.5, 0.6) is 0 Å². The summed E-state index contributed by atoms with van der Waals surface area (Å²) in [5, 5.41) is 2.99. The molecule has 0 radical (unpaired) electrons. The predicted molar refractivity (Wildman–Crippen MR) is 88.0 cm³/mol. The van der Waals surface area contributed by atoms with Gasteiger partial charge >= 0.3 is 0 Å². The lowest BCUT2D eigenvalue weighted by molar-refractivity contribution is -0.122. The summed E-state index contributed by atoms with van der Waals surface area (Å²) in [5.74, 6) is 1.14. The van der Waals surface area contributed by atoms with Crippen molar-refractivity contribution >= 4 is 27.1 Å². The molecule has 1 amide bonds. The lowest BCUT2D eigenvalue weighted by Crippen LogP contribution is -2.44. The zero-order valence-electron chi connectivity index (χ0n) is 12.7. The van der Waals surface area contributed by atoms with E-state index in [1.54, 1.807) is 11.3 Å². The van der Waals surface area contributed by atoms with E-state index < -0.39 is 9.84 Å². The second-order valence-electron chi connectivity index (χ2n) is 6.18. The summed E-state index contributed by atoms with van der Waals surface area (Å²) in [6.45, 7) is 4.59. The number of carbonyl (C=O) groups excluding carboxylic acids is 1. The molecule has 1 aromatic heterocycles. The molecular weight excluding hydrogens is 320 g/mol. The largest absolute Gasteiger partial charge is 0.355 e. The number of hydrogen-bond donors (Lipinski definition) is 1. The molecule has 2 heterocycles. The van der Waals surface area contributed by atoms with Gasteiger partial charge in [0.2, 0.25) is 5.91 Å². The number of nitrogens with one attached hydrogen (secondary N) is 1. The van der Waals surface area contributed by atoms with Gasteiger partial charge in [-0.1, -0.05) is 0 Å². The molecule has 0 unspecified atom stereocenters. The van der Waals surface area contributed by atoms with Gasteiger partial charge < -0.3 is 5.32 Å². The summed E-state index contributed by atoms with van der Waals surface area (Å²) in [4.78, 5) is 16.8. The summed E-state index contributed by atoms with van der Waals surface area (Å²) in [7, 11) is -2.82. The molecule has 2 aliphatic rings. The normalized spacial score (nSPS) is 27.5. The fourth-order valence-electron chi connectivity index (χ4n) is 2.89. The van der Waals surface area contributed by atoms with E-state index in [-0.39, 0.29) is 23.3 Å². The van der Waals surface area contributed by atoms with Crippen LogP contribution in [0, 0.1) is 12.8 Å². The summed E-state index contributed by atoms with van der Waals surface area (Å²) in [6, 6.07) is 4.24. The Bertz CT molecular complexity index is 639. The van der Waals surface area contributed by atoms with E-state index in [1.807, 2.05) is 0 Å². The van der Waals surface area contributed by atoms with Gasteiger partial charge in [0.05, 0.1) is 11.5 Å². The molecule has 1 saturated carbocycles. The first-order valence-corrected chi connectivity index (χ1v) is 10.4. The average molecular weight is 342 g/mol. The third kappa shape index (κ3) is 3.88. The van der Waals surface area contributed by atoms with Gasteiger partial charge in [0.25, 0.3) is 0 Å². The number of thiophene rings is 1. The molecule has 5 nitrogen and oxygen atoms in total. The van der Waals surface area contributed by atoms with Crippen molar-refractivity contribution in [1.82, 2.24) is 10.2 Å². The molecule has 0 aromatic carbocycles. The third-order valence-corrected chi connectivity index (χ3v) is 7.16. The fraction of sp³-hybridized carbons (Fsp3) is 0.667. The zero-order valence-corrected chi connectivity index (χ0v) is 14.4. The number of nitrogens with zero attached hydrogens (tertiary/aromatic N) is 1. The molecule has 1 saturated heterocycles. The molecule has 22 heavy (non-hydrogen) atoms. The molecule has 2 fully saturated rings. The Morgan fingerprint density at radius 3 is 2.73 bits per heavy atom. The first kappa shape index (κ1) is 16.0. The molecule has 122 valence electrons. The van der Waals surface area contributed by atoms with Crippen LogP contribution in [0.15, 0.2) is 12.1 Å². The molecule has 3 rings (SSSR count). The second kappa shape index (κ2) is 6.29. The smallest absolute Gasteiger partial charge is 0.223 e. The number of sulfone groups is 1. The van der Waals surface area contributed by atoms with Crippen LogP contribution in [0.1, 0.15) is 22.1 Å². The van der Waals surface area contributed by atoms with Crippen molar-refractivity contribution in [3.63, 3.8) is 0 Å². The molecule has 2 atom stereocenters. The van der Waals surface area contributed by atoms with Gasteiger partial charge in [0, 0.05) is 47.8 Å². The molecular formula is C15H22N2O3S2. The highest BCUT2D eigenvalue weighted by Crippen LogP contribution is 2.49. The Morgan fingerprint density at radius 1 is 1.36 bits per heavy atom. The summed E-state index contributed by atoms with van der Waals surface area (Å²) in [5.41, 5.74) is 0. The maximum Gasteiger partial charge on any atom is 0.223 e. The molecule has 1 aliphatic carbocycles. The van der Waals surface area contributed by atoms with Crippen LogP contribution in [0.2, 0.25) is 0 Å². The van der Waals surface area contributed by atoms with Gasteiger partial charge in [0.15, 0.2) is 9.84 Å². The summed E-state index contributed by atoms with van der Waals surface area (Å²) in [6.07, 6.45) is 0.952. The standard InChI is InChI=1S/C15H22N2O3S2/c1-11-2-3-14(21-11)12-10-13(12)15(18)16-4-5-17-6-8-22(19,20)9-7-17/h2-3,12-13H,4-10H2,1H3,(H,16,18)/t12-,13-/m1/s1. The van der Waals surface area contributed by atoms with Crippen molar-refractivity contribution in [3.8, 4) is 0 Å². The minimum atomic E-state index is -2.82. The zero-order chi connectivity index (χ0) is 15.7. The van der Waals surface area contributed by atoms with E-state index in [4.69, 9.17) is 0 Å². The molecule has 1 aromatic rings. The van der Waals surface area contributed by atoms with E-state index in [2.05, 4.69) is 29.3 Å². The molecule has 1 aliphatic heterocycles. The van der Waals surface area contributed by atoms with E-state index in [0.717, 1.165) is 13.0 Å². The number of amides is 1. The molecule has 1 N–H and O–H groups in total. The van der Waals surface area contributed by atoms with Gasteiger partial charge in [-0.25, -0.2) is 8.42 Å². The lowest BCUT2D eigenvalue weighted by atomic mass is 10.2. The van der Waals surface area contributed by atoms with Crippen LogP contribution < -0.4 is 5.32 Å². The monoisotopic (exact) mass is 342 g/mol. The van der Waals surface area contributed by atoms with Crippen LogP contribution in [0.4, 0.5) is 0 Å². The van der Waals surface area contributed by atoms with E-state index in [1.165, 1.54) is 9.75 Å². The van der Waals surface area contributed by atoms with Crippen LogP contribution in [-0.2, 0) is 14.6 Å². The van der Waals surface area contributed by atoms with Crippen molar-refractivity contribution < 1.29 is 13.2 Å². The Hall–Kier alpha value is -0.920. The summed E-state index contributed by atoms with van der Waals surface area (Å²) >= 11 is 1.78. The van der Waals surface area contributed by atoms with Crippen LogP contribution in [0.25, 0.3) is 0 Å². The molecule has 7 heteroatoms. The molecule has 0 spiro atoms. The van der Waals surface area contributed by atoms with Crippen molar-refractivity contribution in [1.29, 1.82) is 0 Å². The lowest BCUT2D eigenvalue weighted by Gasteiger charge is -2.26. The van der Waals surface area contributed by atoms with Gasteiger partial charge in [-0.05, 0) is 25.5 Å².